The van der Waals surface area contributed by atoms with Gasteiger partial charge in [-0.05, 0) is 49.1 Å². The summed E-state index contributed by atoms with van der Waals surface area (Å²) < 4.78 is 11.0. The van der Waals surface area contributed by atoms with Gasteiger partial charge < -0.3 is 14.6 Å². The molecule has 118 valence electrons. The number of hydrogen-bond donors (Lipinski definition) is 1. The Morgan fingerprint density at radius 3 is 2.73 bits per heavy atom. The van der Waals surface area contributed by atoms with Crippen molar-refractivity contribution in [2.45, 2.75) is 32.3 Å². The zero-order chi connectivity index (χ0) is 15.8. The maximum Gasteiger partial charge on any atom is 0.161 e. The fourth-order valence-electron chi connectivity index (χ4n) is 2.23. The molecule has 0 saturated carbocycles. The minimum absolute atomic E-state index is 0.552. The number of hydrogen-bond acceptors (Lipinski definition) is 4. The van der Waals surface area contributed by atoms with Crippen LogP contribution in [0.3, 0.4) is 0 Å². The van der Waals surface area contributed by atoms with Crippen molar-refractivity contribution in [1.29, 1.82) is 0 Å². The van der Waals surface area contributed by atoms with Gasteiger partial charge in [0.15, 0.2) is 11.5 Å². The summed E-state index contributed by atoms with van der Waals surface area (Å²) in [6.45, 7) is 2.73. The molecule has 2 aromatic rings. The molecule has 0 aliphatic heterocycles. The summed E-state index contributed by atoms with van der Waals surface area (Å²) in [5.41, 5.74) is 1.82. The fourth-order valence-corrected chi connectivity index (χ4v) is 2.23. The number of aliphatic hydroxyl groups is 1. The van der Waals surface area contributed by atoms with Gasteiger partial charge in [-0.1, -0.05) is 19.1 Å². The van der Waals surface area contributed by atoms with Gasteiger partial charge in [0, 0.05) is 6.20 Å². The molecular weight excluding hydrogens is 278 g/mol. The second-order valence-electron chi connectivity index (χ2n) is 5.14. The lowest BCUT2D eigenvalue weighted by molar-refractivity contribution is 0.163. The highest BCUT2D eigenvalue weighted by Crippen LogP contribution is 2.29. The third kappa shape index (κ3) is 4.46. The quantitative estimate of drug-likeness (QED) is 0.810. The molecule has 1 aromatic heterocycles. The molecule has 0 bridgehead atoms. The average Bonchev–Trinajstić information content (AvgIpc) is 2.58. The van der Waals surface area contributed by atoms with E-state index in [0.29, 0.717) is 18.7 Å². The number of aromatic nitrogens is 1. The number of nitrogens with zero attached hydrogens (tertiary/aromatic N) is 1. The molecule has 1 heterocycles. The first kappa shape index (κ1) is 16.3. The fraction of sp³-hybridized carbons (Fsp3) is 0.389. The maximum atomic E-state index is 10.2. The van der Waals surface area contributed by atoms with Crippen LogP contribution in [0.1, 0.15) is 37.1 Å². The number of rotatable bonds is 8. The van der Waals surface area contributed by atoms with Crippen LogP contribution in [0.25, 0.3) is 0 Å². The molecule has 22 heavy (non-hydrogen) atoms. The van der Waals surface area contributed by atoms with Crippen LogP contribution >= 0.6 is 0 Å². The third-order valence-corrected chi connectivity index (χ3v) is 3.43. The average molecular weight is 301 g/mol. The molecule has 0 spiro atoms. The van der Waals surface area contributed by atoms with Crippen molar-refractivity contribution in [2.24, 2.45) is 0 Å². The first-order valence-electron chi connectivity index (χ1n) is 7.63. The largest absolute Gasteiger partial charge is 0.493 e. The smallest absolute Gasteiger partial charge is 0.161 e. The number of ether oxygens (including phenoxy) is 2. The van der Waals surface area contributed by atoms with Crippen molar-refractivity contribution in [3.05, 3.63) is 53.9 Å². The predicted molar refractivity (Wildman–Crippen MR) is 86.3 cm³/mol. The van der Waals surface area contributed by atoms with Crippen LogP contribution < -0.4 is 9.47 Å². The zero-order valence-electron chi connectivity index (χ0n) is 13.2. The molecule has 4 nitrogen and oxygen atoms in total. The van der Waals surface area contributed by atoms with E-state index in [-0.39, 0.29) is 0 Å². The Labute approximate surface area is 131 Å². The van der Waals surface area contributed by atoms with Gasteiger partial charge in [0.05, 0.1) is 25.5 Å². The summed E-state index contributed by atoms with van der Waals surface area (Å²) in [6, 6.07) is 11.5. The lowest BCUT2D eigenvalue weighted by Gasteiger charge is -2.13. The third-order valence-electron chi connectivity index (χ3n) is 3.43. The summed E-state index contributed by atoms with van der Waals surface area (Å²) in [5, 5.41) is 10.2. The first-order valence-corrected chi connectivity index (χ1v) is 7.63. The van der Waals surface area contributed by atoms with Gasteiger partial charge in [-0.15, -0.1) is 0 Å². The van der Waals surface area contributed by atoms with Crippen molar-refractivity contribution in [3.8, 4) is 11.5 Å². The van der Waals surface area contributed by atoms with E-state index in [0.717, 1.165) is 29.9 Å². The highest BCUT2D eigenvalue weighted by Gasteiger charge is 2.10. The van der Waals surface area contributed by atoms with Gasteiger partial charge in [0.25, 0.3) is 0 Å². The van der Waals surface area contributed by atoms with Gasteiger partial charge in [-0.2, -0.15) is 0 Å². The Morgan fingerprint density at radius 1 is 1.18 bits per heavy atom. The monoisotopic (exact) mass is 301 g/mol. The molecule has 1 unspecified atom stereocenters. The Kier molecular flexibility index (Phi) is 6.22. The molecule has 0 fully saturated rings. The van der Waals surface area contributed by atoms with E-state index in [2.05, 4.69) is 11.9 Å². The number of pyridine rings is 1. The summed E-state index contributed by atoms with van der Waals surface area (Å²) in [7, 11) is 1.64. The molecule has 0 radical (unpaired) electrons. The van der Waals surface area contributed by atoms with E-state index in [1.165, 1.54) is 0 Å². The van der Waals surface area contributed by atoms with E-state index in [9.17, 15) is 5.11 Å². The Hall–Kier alpha value is -2.07. The zero-order valence-corrected chi connectivity index (χ0v) is 13.2. The van der Waals surface area contributed by atoms with Crippen LogP contribution in [-0.4, -0.2) is 23.8 Å². The van der Waals surface area contributed by atoms with Crippen LogP contribution in [-0.2, 0) is 6.42 Å². The Balaban J connectivity index is 2.00. The minimum atomic E-state index is -0.552. The molecule has 0 saturated heterocycles. The standard InChI is InChI=1S/C18H23NO3/c1-3-12-22-18-13-14(8-10-17(18)21-2)7-9-16(20)15-6-4-5-11-19-15/h4-6,8,10-11,13,16,20H,3,7,9,12H2,1-2H3. The summed E-state index contributed by atoms with van der Waals surface area (Å²) in [4.78, 5) is 4.18. The number of aliphatic hydroxyl groups excluding tert-OH is 1. The van der Waals surface area contributed by atoms with Crippen molar-refractivity contribution in [1.82, 2.24) is 4.98 Å². The van der Waals surface area contributed by atoms with Gasteiger partial charge in [0.1, 0.15) is 0 Å². The van der Waals surface area contributed by atoms with E-state index in [4.69, 9.17) is 9.47 Å². The van der Waals surface area contributed by atoms with Gasteiger partial charge >= 0.3 is 0 Å². The second kappa shape index (κ2) is 8.39. The number of benzene rings is 1. The molecule has 4 heteroatoms. The lowest BCUT2D eigenvalue weighted by Crippen LogP contribution is -2.03. The molecule has 0 aliphatic carbocycles. The molecule has 1 atom stereocenters. The van der Waals surface area contributed by atoms with Crippen molar-refractivity contribution in [3.63, 3.8) is 0 Å². The van der Waals surface area contributed by atoms with Crippen molar-refractivity contribution >= 4 is 0 Å². The normalized spacial score (nSPS) is 12.0. The van der Waals surface area contributed by atoms with Gasteiger partial charge in [-0.3, -0.25) is 4.98 Å². The Morgan fingerprint density at radius 2 is 2.05 bits per heavy atom. The molecule has 1 aromatic carbocycles. The summed E-state index contributed by atoms with van der Waals surface area (Å²) in [6.07, 6.45) is 3.47. The molecule has 1 N–H and O–H groups in total. The number of aryl methyl sites for hydroxylation is 1. The van der Waals surface area contributed by atoms with Crippen LogP contribution in [0, 0.1) is 0 Å². The molecule has 0 amide bonds. The highest BCUT2D eigenvalue weighted by atomic mass is 16.5. The first-order chi connectivity index (χ1) is 10.7. The topological polar surface area (TPSA) is 51.6 Å². The van der Waals surface area contributed by atoms with Crippen LogP contribution in [0.15, 0.2) is 42.6 Å². The van der Waals surface area contributed by atoms with E-state index < -0.39 is 6.10 Å². The second-order valence-corrected chi connectivity index (χ2v) is 5.14. The number of methoxy groups -OCH3 is 1. The van der Waals surface area contributed by atoms with Crippen LogP contribution in [0.4, 0.5) is 0 Å². The molecule has 0 aliphatic rings. The van der Waals surface area contributed by atoms with Gasteiger partial charge in [0.2, 0.25) is 0 Å². The highest BCUT2D eigenvalue weighted by molar-refractivity contribution is 5.43. The van der Waals surface area contributed by atoms with Crippen LogP contribution in [0.2, 0.25) is 0 Å². The molecular formula is C18H23NO3. The SMILES string of the molecule is CCCOc1cc(CCC(O)c2ccccn2)ccc1OC. The predicted octanol–water partition coefficient (Wildman–Crippen LogP) is 3.55. The Bertz CT molecular complexity index is 572. The van der Waals surface area contributed by atoms with Crippen molar-refractivity contribution < 1.29 is 14.6 Å². The lowest BCUT2D eigenvalue weighted by atomic mass is 10.0. The van der Waals surface area contributed by atoms with E-state index >= 15 is 0 Å². The van der Waals surface area contributed by atoms with Crippen LogP contribution in [0.5, 0.6) is 11.5 Å². The van der Waals surface area contributed by atoms with Gasteiger partial charge in [-0.25, -0.2) is 0 Å². The van der Waals surface area contributed by atoms with Crippen molar-refractivity contribution in [2.75, 3.05) is 13.7 Å². The maximum absolute atomic E-state index is 10.2. The van der Waals surface area contributed by atoms with E-state index in [1.54, 1.807) is 13.3 Å². The summed E-state index contributed by atoms with van der Waals surface area (Å²) in [5.74, 6) is 1.50. The van der Waals surface area contributed by atoms with E-state index in [1.807, 2.05) is 36.4 Å². The minimum Gasteiger partial charge on any atom is -0.493 e. The summed E-state index contributed by atoms with van der Waals surface area (Å²) >= 11 is 0. The molecule has 2 rings (SSSR count).